The number of rotatable bonds is 5. The van der Waals surface area contributed by atoms with Crippen molar-refractivity contribution in [1.29, 1.82) is 5.26 Å². The summed E-state index contributed by atoms with van der Waals surface area (Å²) in [5, 5.41) is 9.06. The second kappa shape index (κ2) is 5.83. The molecular weight excluding hydrogens is 229 g/mol. The average Bonchev–Trinajstić information content (AvgIpc) is 2.35. The fraction of sp³-hybridized carbons (Fsp3) is 0.500. The lowest BCUT2D eigenvalue weighted by Crippen LogP contribution is -2.39. The van der Waals surface area contributed by atoms with E-state index in [-0.39, 0.29) is 11.0 Å². The zero-order chi connectivity index (χ0) is 13.8. The minimum atomic E-state index is -0.473. The van der Waals surface area contributed by atoms with Crippen LogP contribution in [0.3, 0.4) is 0 Å². The Labute approximate surface area is 108 Å². The zero-order valence-corrected chi connectivity index (χ0v) is 11.2. The number of nitrogens with zero attached hydrogens (tertiary/aromatic N) is 2. The molecule has 0 spiro atoms. The second-order valence-electron chi connectivity index (χ2n) is 5.13. The maximum absolute atomic E-state index is 13.6. The highest BCUT2D eigenvalue weighted by Gasteiger charge is 2.22. The van der Waals surface area contributed by atoms with Gasteiger partial charge in [0.2, 0.25) is 0 Å². The summed E-state index contributed by atoms with van der Waals surface area (Å²) < 4.78 is 13.6. The Bertz CT molecular complexity index is 449. The van der Waals surface area contributed by atoms with Gasteiger partial charge in [0.25, 0.3) is 0 Å². The average molecular weight is 249 g/mol. The highest BCUT2D eigenvalue weighted by molar-refractivity contribution is 5.59. The van der Waals surface area contributed by atoms with Crippen LogP contribution in [0.15, 0.2) is 18.2 Å². The second-order valence-corrected chi connectivity index (χ2v) is 5.13. The number of anilines is 1. The normalized spacial score (nSPS) is 11.1. The summed E-state index contributed by atoms with van der Waals surface area (Å²) in [5.41, 5.74) is 6.39. The molecule has 0 aromatic heterocycles. The Morgan fingerprint density at radius 3 is 2.61 bits per heavy atom. The monoisotopic (exact) mass is 249 g/mol. The van der Waals surface area contributed by atoms with Gasteiger partial charge in [-0.25, -0.2) is 4.39 Å². The van der Waals surface area contributed by atoms with Crippen molar-refractivity contribution < 1.29 is 4.39 Å². The highest BCUT2D eigenvalue weighted by atomic mass is 19.1. The van der Waals surface area contributed by atoms with Crippen LogP contribution >= 0.6 is 0 Å². The van der Waals surface area contributed by atoms with Crippen molar-refractivity contribution in [3.63, 3.8) is 0 Å². The molecule has 0 saturated carbocycles. The highest BCUT2D eigenvalue weighted by Crippen LogP contribution is 2.26. The Morgan fingerprint density at radius 1 is 1.44 bits per heavy atom. The van der Waals surface area contributed by atoms with Crippen molar-refractivity contribution in [2.75, 3.05) is 24.5 Å². The molecule has 98 valence electrons. The van der Waals surface area contributed by atoms with Gasteiger partial charge in [0.1, 0.15) is 17.4 Å². The maximum atomic E-state index is 13.6. The molecule has 1 rings (SSSR count). The molecule has 0 unspecified atom stereocenters. The van der Waals surface area contributed by atoms with E-state index in [1.165, 1.54) is 6.07 Å². The van der Waals surface area contributed by atoms with E-state index in [0.717, 1.165) is 0 Å². The quantitative estimate of drug-likeness (QED) is 0.872. The molecule has 0 radical (unpaired) electrons. The van der Waals surface area contributed by atoms with Crippen LogP contribution in [0, 0.1) is 22.6 Å². The first kappa shape index (κ1) is 14.5. The third-order valence-corrected chi connectivity index (χ3v) is 3.00. The van der Waals surface area contributed by atoms with Gasteiger partial charge in [-0.1, -0.05) is 19.9 Å². The van der Waals surface area contributed by atoms with Gasteiger partial charge < -0.3 is 10.6 Å². The van der Waals surface area contributed by atoms with E-state index in [1.807, 2.05) is 17.9 Å². The van der Waals surface area contributed by atoms with Crippen molar-refractivity contribution >= 4 is 5.69 Å². The minimum Gasteiger partial charge on any atom is -0.370 e. The Kier molecular flexibility index (Phi) is 4.69. The predicted octanol–water partition coefficient (Wildman–Crippen LogP) is 2.51. The van der Waals surface area contributed by atoms with E-state index in [0.29, 0.717) is 25.3 Å². The number of nitriles is 1. The van der Waals surface area contributed by atoms with Gasteiger partial charge in [-0.3, -0.25) is 0 Å². The van der Waals surface area contributed by atoms with Crippen LogP contribution < -0.4 is 10.6 Å². The molecule has 1 aromatic rings. The third kappa shape index (κ3) is 3.21. The lowest BCUT2D eigenvalue weighted by atomic mass is 9.92. The summed E-state index contributed by atoms with van der Waals surface area (Å²) in [7, 11) is 0. The summed E-state index contributed by atoms with van der Waals surface area (Å²) in [5.74, 6) is -0.473. The van der Waals surface area contributed by atoms with E-state index in [4.69, 9.17) is 11.0 Å². The topological polar surface area (TPSA) is 53.0 Å². The summed E-state index contributed by atoms with van der Waals surface area (Å²) >= 11 is 0. The molecule has 0 heterocycles. The van der Waals surface area contributed by atoms with E-state index >= 15 is 0 Å². The number of halogens is 1. The molecule has 0 aliphatic rings. The Balaban J connectivity index is 3.11. The fourth-order valence-electron chi connectivity index (χ4n) is 1.84. The number of benzene rings is 1. The van der Waals surface area contributed by atoms with Crippen LogP contribution in [-0.4, -0.2) is 19.6 Å². The lowest BCUT2D eigenvalue weighted by molar-refractivity contribution is 0.379. The van der Waals surface area contributed by atoms with E-state index in [2.05, 4.69) is 13.8 Å². The van der Waals surface area contributed by atoms with Crippen LogP contribution in [0.25, 0.3) is 0 Å². The number of nitrogens with two attached hydrogens (primary N) is 1. The van der Waals surface area contributed by atoms with E-state index in [9.17, 15) is 4.39 Å². The predicted molar refractivity (Wildman–Crippen MR) is 71.8 cm³/mol. The smallest absolute Gasteiger partial charge is 0.143 e. The van der Waals surface area contributed by atoms with Crippen molar-refractivity contribution in [2.45, 2.75) is 20.8 Å². The van der Waals surface area contributed by atoms with Gasteiger partial charge in [-0.15, -0.1) is 0 Å². The van der Waals surface area contributed by atoms with Gasteiger partial charge in [0.15, 0.2) is 0 Å². The van der Waals surface area contributed by atoms with E-state index < -0.39 is 5.82 Å². The van der Waals surface area contributed by atoms with Crippen LogP contribution in [0.5, 0.6) is 0 Å². The lowest BCUT2D eigenvalue weighted by Gasteiger charge is -2.33. The molecule has 3 nitrogen and oxygen atoms in total. The van der Waals surface area contributed by atoms with Crippen LogP contribution in [-0.2, 0) is 0 Å². The Hall–Kier alpha value is -1.60. The number of hydrogen-bond acceptors (Lipinski definition) is 3. The molecule has 2 N–H and O–H groups in total. The maximum Gasteiger partial charge on any atom is 0.143 e. The molecule has 1 aromatic carbocycles. The molecule has 0 saturated heterocycles. The molecule has 0 atom stereocenters. The first-order chi connectivity index (χ1) is 8.45. The van der Waals surface area contributed by atoms with Crippen molar-refractivity contribution in [3.05, 3.63) is 29.6 Å². The summed E-state index contributed by atoms with van der Waals surface area (Å²) in [6, 6.07) is 6.65. The Morgan fingerprint density at radius 2 is 2.11 bits per heavy atom. The zero-order valence-electron chi connectivity index (χ0n) is 11.2. The van der Waals surface area contributed by atoms with Crippen LogP contribution in [0.1, 0.15) is 26.3 Å². The molecule has 0 fully saturated rings. The first-order valence-electron chi connectivity index (χ1n) is 6.09. The van der Waals surface area contributed by atoms with Gasteiger partial charge in [0.05, 0.1) is 5.69 Å². The number of hydrogen-bond donors (Lipinski definition) is 1. The van der Waals surface area contributed by atoms with Gasteiger partial charge in [-0.05, 0) is 31.0 Å². The standard InChI is InChI=1S/C14H20FN3/c1-4-18(10-14(2,3)9-17)13-7-5-6-12(15)11(13)8-16/h5-7H,4,9-10,17H2,1-3H3. The minimum absolute atomic E-state index is 0.0744. The molecule has 0 aliphatic carbocycles. The van der Waals surface area contributed by atoms with Crippen LogP contribution in [0.4, 0.5) is 10.1 Å². The SMILES string of the molecule is CCN(CC(C)(C)CN)c1cccc(F)c1C#N. The van der Waals surface area contributed by atoms with Crippen molar-refractivity contribution in [3.8, 4) is 6.07 Å². The molecular formula is C14H20FN3. The molecule has 0 amide bonds. The summed E-state index contributed by atoms with van der Waals surface area (Å²) in [6.45, 7) is 8.04. The first-order valence-corrected chi connectivity index (χ1v) is 6.09. The van der Waals surface area contributed by atoms with Crippen molar-refractivity contribution in [1.82, 2.24) is 0 Å². The molecule has 4 heteroatoms. The summed E-state index contributed by atoms with van der Waals surface area (Å²) in [4.78, 5) is 1.99. The molecule has 18 heavy (non-hydrogen) atoms. The van der Waals surface area contributed by atoms with Gasteiger partial charge in [0, 0.05) is 13.1 Å². The fourth-order valence-corrected chi connectivity index (χ4v) is 1.84. The van der Waals surface area contributed by atoms with Gasteiger partial charge in [-0.2, -0.15) is 5.26 Å². The van der Waals surface area contributed by atoms with Crippen LogP contribution in [0.2, 0.25) is 0 Å². The van der Waals surface area contributed by atoms with E-state index in [1.54, 1.807) is 12.1 Å². The third-order valence-electron chi connectivity index (χ3n) is 3.00. The largest absolute Gasteiger partial charge is 0.370 e. The van der Waals surface area contributed by atoms with Crippen molar-refractivity contribution in [2.24, 2.45) is 11.1 Å². The molecule has 0 aliphatic heterocycles. The van der Waals surface area contributed by atoms with Gasteiger partial charge >= 0.3 is 0 Å². The summed E-state index contributed by atoms with van der Waals surface area (Å²) in [6.07, 6.45) is 0. The molecule has 0 bridgehead atoms.